The zero-order valence-corrected chi connectivity index (χ0v) is 26.7. The van der Waals surface area contributed by atoms with Crippen LogP contribution in [0.15, 0.2) is 152 Å². The Morgan fingerprint density at radius 3 is 1.86 bits per heavy atom. The highest BCUT2D eigenvalue weighted by Crippen LogP contribution is 2.42. The molecule has 2 heterocycles. The molecule has 0 amide bonds. The number of aromatic nitrogens is 2. The predicted octanol–water partition coefficient (Wildman–Crippen LogP) is 11.5. The van der Waals surface area contributed by atoms with E-state index in [1.54, 1.807) is 0 Å². The molecule has 0 unspecified atom stereocenters. The topological polar surface area (TPSA) is 61.8 Å². The lowest BCUT2D eigenvalue weighted by Gasteiger charge is -2.18. The van der Waals surface area contributed by atoms with E-state index < -0.39 is 0 Å². The molecule has 230 valence electrons. The number of nitrogens with zero attached hydrogens (tertiary/aromatic N) is 5. The van der Waals surface area contributed by atoms with E-state index >= 15 is 0 Å². The largest absolute Gasteiger partial charge is 0.310 e. The Labute approximate surface area is 288 Å². The maximum Gasteiger partial charge on any atom is 0.189 e. The molecule has 7 aromatic carbocycles. The molecule has 5 heteroatoms. The van der Waals surface area contributed by atoms with Crippen LogP contribution in [0.2, 0.25) is 0 Å². The van der Waals surface area contributed by atoms with Gasteiger partial charge in [-0.3, -0.25) is 0 Å². The van der Waals surface area contributed by atoms with Crippen molar-refractivity contribution in [3.63, 3.8) is 0 Å². The molecule has 2 aromatic heterocycles. The molecule has 0 saturated carbocycles. The Balaban J connectivity index is 1.26. The second kappa shape index (κ2) is 11.4. The monoisotopic (exact) mass is 635 g/mol. The van der Waals surface area contributed by atoms with Gasteiger partial charge in [0.1, 0.15) is 0 Å². The summed E-state index contributed by atoms with van der Waals surface area (Å²) in [5.41, 5.74) is 11.3. The highest BCUT2D eigenvalue weighted by molar-refractivity contribution is 6.12. The van der Waals surface area contributed by atoms with Crippen molar-refractivity contribution in [2.45, 2.75) is 0 Å². The van der Waals surface area contributed by atoms with E-state index in [1.165, 1.54) is 10.8 Å². The standard InChI is InChI=1S/C45H25N5/c1-48-32-20-23-37-39-25-29(27-46)17-24-42(39)50(44(37)26-32)43-16-8-9-31(28-47)45(43)38-13-3-2-10-34(38)30-18-21-33(22-19-30)49-40-14-6-4-11-35(40)36-12-5-7-15-41(36)49/h2-26H. The molecule has 50 heavy (non-hydrogen) atoms. The third-order valence-electron chi connectivity index (χ3n) is 9.62. The maximum absolute atomic E-state index is 10.5. The smallest absolute Gasteiger partial charge is 0.189 e. The highest BCUT2D eigenvalue weighted by Gasteiger charge is 2.21. The molecule has 0 aliphatic heterocycles. The third kappa shape index (κ3) is 4.31. The van der Waals surface area contributed by atoms with Crippen molar-refractivity contribution < 1.29 is 0 Å². The minimum Gasteiger partial charge on any atom is -0.310 e. The van der Waals surface area contributed by atoms with E-state index in [-0.39, 0.29) is 0 Å². The van der Waals surface area contributed by atoms with Gasteiger partial charge in [-0.15, -0.1) is 0 Å². The summed E-state index contributed by atoms with van der Waals surface area (Å²) in [7, 11) is 0. The summed E-state index contributed by atoms with van der Waals surface area (Å²) in [6.07, 6.45) is 0. The van der Waals surface area contributed by atoms with Gasteiger partial charge in [-0.1, -0.05) is 91.0 Å². The van der Waals surface area contributed by atoms with Gasteiger partial charge in [0, 0.05) is 38.3 Å². The number of nitriles is 2. The SMILES string of the molecule is [C-]#[N+]c1ccc2c3cc(C#N)ccc3n(-c3cccc(C#N)c3-c3ccccc3-c3ccc(-n4c5ccccc5c5ccccc54)cc3)c2c1. The third-order valence-corrected chi connectivity index (χ3v) is 9.62. The van der Waals surface area contributed by atoms with Crippen LogP contribution in [0.4, 0.5) is 5.69 Å². The lowest BCUT2D eigenvalue weighted by Crippen LogP contribution is -2.00. The van der Waals surface area contributed by atoms with Crippen molar-refractivity contribution in [1.29, 1.82) is 10.5 Å². The quantitative estimate of drug-likeness (QED) is 0.181. The van der Waals surface area contributed by atoms with E-state index in [0.717, 1.165) is 66.5 Å². The summed E-state index contributed by atoms with van der Waals surface area (Å²) in [6.45, 7) is 7.72. The Bertz CT molecular complexity index is 2900. The number of rotatable bonds is 4. The van der Waals surface area contributed by atoms with Crippen LogP contribution in [0, 0.1) is 29.2 Å². The molecule has 0 spiro atoms. The zero-order valence-electron chi connectivity index (χ0n) is 26.7. The fourth-order valence-electron chi connectivity index (χ4n) is 7.45. The summed E-state index contributed by atoms with van der Waals surface area (Å²) in [5, 5.41) is 24.5. The number of para-hydroxylation sites is 2. The van der Waals surface area contributed by atoms with Gasteiger partial charge in [-0.2, -0.15) is 10.5 Å². The molecular formula is C45H25N5. The second-order valence-corrected chi connectivity index (χ2v) is 12.3. The molecule has 0 atom stereocenters. The first kappa shape index (κ1) is 28.8. The van der Waals surface area contributed by atoms with Gasteiger partial charge in [0.05, 0.1) is 52.1 Å². The van der Waals surface area contributed by atoms with Gasteiger partial charge in [0.15, 0.2) is 5.69 Å². The van der Waals surface area contributed by atoms with Crippen molar-refractivity contribution in [3.8, 4) is 45.8 Å². The molecule has 0 N–H and O–H groups in total. The fourth-order valence-corrected chi connectivity index (χ4v) is 7.45. The average molecular weight is 636 g/mol. The first-order valence-electron chi connectivity index (χ1n) is 16.3. The summed E-state index contributed by atoms with van der Waals surface area (Å²) in [5.74, 6) is 0. The molecule has 5 nitrogen and oxygen atoms in total. The maximum atomic E-state index is 10.5. The summed E-state index contributed by atoms with van der Waals surface area (Å²) in [6, 6.07) is 55.6. The van der Waals surface area contributed by atoms with Crippen molar-refractivity contribution in [1.82, 2.24) is 9.13 Å². The molecule has 0 bridgehead atoms. The van der Waals surface area contributed by atoms with Crippen LogP contribution in [-0.4, -0.2) is 9.13 Å². The second-order valence-electron chi connectivity index (χ2n) is 12.3. The first-order chi connectivity index (χ1) is 24.7. The van der Waals surface area contributed by atoms with Crippen LogP contribution in [0.25, 0.3) is 82.1 Å². The van der Waals surface area contributed by atoms with Crippen molar-refractivity contribution in [2.75, 3.05) is 0 Å². The molecule has 0 saturated heterocycles. The van der Waals surface area contributed by atoms with Crippen LogP contribution in [-0.2, 0) is 0 Å². The van der Waals surface area contributed by atoms with Crippen LogP contribution < -0.4 is 0 Å². The summed E-state index contributed by atoms with van der Waals surface area (Å²) >= 11 is 0. The van der Waals surface area contributed by atoms with E-state index in [4.69, 9.17) is 6.57 Å². The van der Waals surface area contributed by atoms with Gasteiger partial charge >= 0.3 is 0 Å². The van der Waals surface area contributed by atoms with Gasteiger partial charge in [0.25, 0.3) is 0 Å². The fraction of sp³-hybridized carbons (Fsp3) is 0. The lowest BCUT2D eigenvalue weighted by molar-refractivity contribution is 1.18. The molecule has 0 aliphatic carbocycles. The van der Waals surface area contributed by atoms with Crippen molar-refractivity contribution in [3.05, 3.63) is 174 Å². The van der Waals surface area contributed by atoms with Gasteiger partial charge in [0.2, 0.25) is 0 Å². The van der Waals surface area contributed by atoms with E-state index in [1.807, 2.05) is 66.7 Å². The normalized spacial score (nSPS) is 11.1. The van der Waals surface area contributed by atoms with Crippen LogP contribution >= 0.6 is 0 Å². The highest BCUT2D eigenvalue weighted by atomic mass is 15.0. The molecule has 9 rings (SSSR count). The number of hydrogen-bond acceptors (Lipinski definition) is 2. The Kier molecular flexibility index (Phi) is 6.56. The summed E-state index contributed by atoms with van der Waals surface area (Å²) in [4.78, 5) is 3.72. The van der Waals surface area contributed by atoms with E-state index in [2.05, 4.69) is 111 Å². The number of hydrogen-bond donors (Lipinski definition) is 0. The van der Waals surface area contributed by atoms with Crippen molar-refractivity contribution >= 4 is 49.3 Å². The Morgan fingerprint density at radius 2 is 1.16 bits per heavy atom. The van der Waals surface area contributed by atoms with Crippen molar-refractivity contribution in [2.24, 2.45) is 0 Å². The minimum atomic E-state index is 0.517. The summed E-state index contributed by atoms with van der Waals surface area (Å²) < 4.78 is 4.43. The Morgan fingerprint density at radius 1 is 0.500 bits per heavy atom. The van der Waals surface area contributed by atoms with Gasteiger partial charge in [-0.25, -0.2) is 4.85 Å². The number of fused-ring (bicyclic) bond motifs is 6. The lowest BCUT2D eigenvalue weighted by atomic mass is 9.90. The van der Waals surface area contributed by atoms with E-state index in [9.17, 15) is 10.5 Å². The van der Waals surface area contributed by atoms with Crippen LogP contribution in [0.5, 0.6) is 0 Å². The van der Waals surface area contributed by atoms with Gasteiger partial charge in [-0.05, 0) is 77.4 Å². The number of benzene rings is 7. The molecule has 9 aromatic rings. The molecule has 0 fully saturated rings. The minimum absolute atomic E-state index is 0.517. The predicted molar refractivity (Wildman–Crippen MR) is 202 cm³/mol. The Hall–Kier alpha value is -7.39. The average Bonchev–Trinajstić information content (AvgIpc) is 3.69. The zero-order chi connectivity index (χ0) is 33.8. The van der Waals surface area contributed by atoms with Crippen LogP contribution in [0.3, 0.4) is 0 Å². The molecular weight excluding hydrogens is 611 g/mol. The van der Waals surface area contributed by atoms with Gasteiger partial charge < -0.3 is 9.13 Å². The molecule has 0 radical (unpaired) electrons. The van der Waals surface area contributed by atoms with E-state index in [0.29, 0.717) is 16.8 Å². The first-order valence-corrected chi connectivity index (χ1v) is 16.3. The van der Waals surface area contributed by atoms with Crippen LogP contribution in [0.1, 0.15) is 11.1 Å². The molecule has 0 aliphatic rings.